The zero-order chi connectivity index (χ0) is 28.6. The molecule has 4 aromatic rings. The number of carboxylic acids is 1. The first-order valence-corrected chi connectivity index (χ1v) is 12.2. The van der Waals surface area contributed by atoms with Gasteiger partial charge in [-0.2, -0.15) is 13.2 Å². The molecule has 0 bridgehead atoms. The van der Waals surface area contributed by atoms with Gasteiger partial charge in [0.1, 0.15) is 16.8 Å². The van der Waals surface area contributed by atoms with Crippen LogP contribution < -0.4 is 15.1 Å². The van der Waals surface area contributed by atoms with Crippen LogP contribution in [0.25, 0.3) is 5.69 Å². The molecule has 0 saturated heterocycles. The lowest BCUT2D eigenvalue weighted by molar-refractivity contribution is -0.660. The van der Waals surface area contributed by atoms with Gasteiger partial charge in [-0.25, -0.2) is 0 Å². The van der Waals surface area contributed by atoms with E-state index in [0.717, 1.165) is 17.5 Å². The number of benzene rings is 3. The van der Waals surface area contributed by atoms with Crippen molar-refractivity contribution in [2.45, 2.75) is 31.5 Å². The molecule has 0 spiro atoms. The smallest absolute Gasteiger partial charge is 0.430 e. The van der Waals surface area contributed by atoms with Gasteiger partial charge >= 0.3 is 6.18 Å². The molecule has 1 heterocycles. The topological polar surface area (TPSA) is 115 Å². The standard InChI is InChI=1S/C24H21Cl2N5O.C2HF3O2/c1-16(28-24(32)21-4-2-3-5-23(21)31-15-27-29-30-31)22(18-8-12-20(26)13-9-18)14-17-6-10-19(25)11-7-17;3-2(4,5)1(6)7/h2-13,15-16,22H,14H2,1H3,(H,28,32);(H,6,7)/t16-,22+;/m1./s1. The fourth-order valence-electron chi connectivity index (χ4n) is 3.72. The highest BCUT2D eigenvalue weighted by Crippen LogP contribution is 2.27. The van der Waals surface area contributed by atoms with E-state index in [2.05, 4.69) is 20.8 Å². The molecule has 0 aliphatic carbocycles. The number of hydrogen-bond acceptors (Lipinski definition) is 5. The summed E-state index contributed by atoms with van der Waals surface area (Å²) >= 11 is 12.2. The van der Waals surface area contributed by atoms with Gasteiger partial charge in [-0.3, -0.25) is 4.79 Å². The lowest BCUT2D eigenvalue weighted by Crippen LogP contribution is -2.41. The van der Waals surface area contributed by atoms with Gasteiger partial charge < -0.3 is 15.2 Å². The predicted octanol–water partition coefficient (Wildman–Crippen LogP) is 3.83. The largest absolute Gasteiger partial charge is 0.542 e. The highest BCUT2D eigenvalue weighted by molar-refractivity contribution is 6.30. The summed E-state index contributed by atoms with van der Waals surface area (Å²) in [5, 5.41) is 23.6. The van der Waals surface area contributed by atoms with Crippen molar-refractivity contribution in [1.82, 2.24) is 20.8 Å². The van der Waals surface area contributed by atoms with Crippen LogP contribution in [0.5, 0.6) is 0 Å². The van der Waals surface area contributed by atoms with Gasteiger partial charge in [0.2, 0.25) is 0 Å². The second-order valence-electron chi connectivity index (χ2n) is 8.35. The van der Waals surface area contributed by atoms with E-state index in [-0.39, 0.29) is 17.9 Å². The number of aromatic nitrogens is 4. The number of carbonyl (C=O) groups is 2. The van der Waals surface area contributed by atoms with E-state index < -0.39 is 12.1 Å². The van der Waals surface area contributed by atoms with Crippen molar-refractivity contribution >= 4 is 35.1 Å². The average Bonchev–Trinajstić information content (AvgIpc) is 3.44. The summed E-state index contributed by atoms with van der Waals surface area (Å²) in [6, 6.07) is 22.7. The number of rotatable bonds is 7. The number of carbonyl (C=O) groups excluding carboxylic acids is 2. The molecule has 0 aliphatic rings. The molecule has 0 fully saturated rings. The zero-order valence-corrected chi connectivity index (χ0v) is 21.8. The zero-order valence-electron chi connectivity index (χ0n) is 20.3. The van der Waals surface area contributed by atoms with Crippen LogP contribution in [-0.4, -0.2) is 39.6 Å². The molecule has 2 atom stereocenters. The Morgan fingerprint density at radius 1 is 1.00 bits per heavy atom. The van der Waals surface area contributed by atoms with Gasteiger partial charge in [-0.05, 0) is 60.9 Å². The number of amides is 1. The van der Waals surface area contributed by atoms with Crippen LogP contribution in [0, 0.1) is 0 Å². The first-order valence-electron chi connectivity index (χ1n) is 11.4. The molecular formula is C26H22Cl2F3N5O3. The van der Waals surface area contributed by atoms with Crippen LogP contribution in [0.2, 0.25) is 10.0 Å². The third-order valence-electron chi connectivity index (χ3n) is 5.65. The number of nitrogens with zero attached hydrogens (tertiary/aromatic N) is 3. The van der Waals surface area contributed by atoms with Crippen molar-refractivity contribution < 1.29 is 32.5 Å². The minimum absolute atomic E-state index is 0.0334. The van der Waals surface area contributed by atoms with Crippen LogP contribution in [0.3, 0.4) is 0 Å². The predicted molar refractivity (Wildman–Crippen MR) is 135 cm³/mol. The number of nitrogens with one attached hydrogen (secondary N) is 2. The summed E-state index contributed by atoms with van der Waals surface area (Å²) in [5.74, 6) is -3.15. The Hall–Kier alpha value is -3.96. The van der Waals surface area contributed by atoms with Crippen LogP contribution in [0.15, 0.2) is 79.1 Å². The number of para-hydroxylation sites is 1. The van der Waals surface area contributed by atoms with Gasteiger partial charge in [-0.15, -0.1) is 4.68 Å². The maximum atomic E-state index is 13.2. The summed E-state index contributed by atoms with van der Waals surface area (Å²) in [7, 11) is 0. The van der Waals surface area contributed by atoms with Crippen molar-refractivity contribution in [1.29, 1.82) is 0 Å². The van der Waals surface area contributed by atoms with Crippen LogP contribution in [0.4, 0.5) is 13.2 Å². The normalized spacial score (nSPS) is 12.6. The number of H-pyrrole nitrogens is 1. The molecule has 39 heavy (non-hydrogen) atoms. The summed E-state index contributed by atoms with van der Waals surface area (Å²) in [6.45, 7) is 2.01. The van der Waals surface area contributed by atoms with Crippen molar-refractivity contribution in [3.8, 4) is 5.69 Å². The number of aliphatic carboxylic acids is 1. The average molecular weight is 580 g/mol. The molecule has 8 nitrogen and oxygen atoms in total. The monoisotopic (exact) mass is 579 g/mol. The highest BCUT2D eigenvalue weighted by Gasteiger charge is 2.29. The van der Waals surface area contributed by atoms with Crippen LogP contribution >= 0.6 is 23.2 Å². The Bertz CT molecular complexity index is 1380. The molecule has 3 aromatic carbocycles. The molecule has 1 aromatic heterocycles. The second kappa shape index (κ2) is 13.2. The Morgan fingerprint density at radius 2 is 1.56 bits per heavy atom. The van der Waals surface area contributed by atoms with Gasteiger partial charge in [-0.1, -0.05) is 64.8 Å². The summed E-state index contributed by atoms with van der Waals surface area (Å²) in [6.07, 6.45) is -2.94. The molecule has 2 N–H and O–H groups in total. The first-order chi connectivity index (χ1) is 18.5. The van der Waals surface area contributed by atoms with E-state index >= 15 is 0 Å². The SMILES string of the molecule is C[C@@H](NC(=O)c1ccccc1-[n+]1cnn[nH]1)[C@H](Cc1ccc(Cl)cc1)c1ccc(Cl)cc1.O=C([O-])C(F)(F)F. The van der Waals surface area contributed by atoms with E-state index in [1.54, 1.807) is 10.7 Å². The fraction of sp³-hybridized carbons (Fsp3) is 0.192. The quantitative estimate of drug-likeness (QED) is 0.323. The maximum Gasteiger partial charge on any atom is 0.430 e. The summed E-state index contributed by atoms with van der Waals surface area (Å²) in [4.78, 5) is 22.0. The van der Waals surface area contributed by atoms with E-state index in [1.807, 2.05) is 73.7 Å². The molecule has 1 amide bonds. The lowest BCUT2D eigenvalue weighted by Gasteiger charge is -2.26. The number of aromatic amines is 1. The third-order valence-corrected chi connectivity index (χ3v) is 6.15. The van der Waals surface area contributed by atoms with Crippen LogP contribution in [0.1, 0.15) is 34.3 Å². The summed E-state index contributed by atoms with van der Waals surface area (Å²) in [5.41, 5.74) is 3.42. The molecule has 0 aliphatic heterocycles. The molecule has 0 saturated carbocycles. The number of halogens is 5. The molecule has 0 unspecified atom stereocenters. The van der Waals surface area contributed by atoms with E-state index in [1.165, 1.54) is 6.33 Å². The second-order valence-corrected chi connectivity index (χ2v) is 9.23. The fourth-order valence-corrected chi connectivity index (χ4v) is 3.97. The van der Waals surface area contributed by atoms with E-state index in [9.17, 15) is 18.0 Å². The Morgan fingerprint density at radius 3 is 2.10 bits per heavy atom. The molecule has 0 radical (unpaired) electrons. The minimum Gasteiger partial charge on any atom is -0.542 e. The Labute approximate surface area is 231 Å². The maximum absolute atomic E-state index is 13.2. The van der Waals surface area contributed by atoms with E-state index in [0.29, 0.717) is 21.3 Å². The van der Waals surface area contributed by atoms with Crippen molar-refractivity contribution in [2.75, 3.05) is 0 Å². The summed E-state index contributed by atoms with van der Waals surface area (Å²) < 4.78 is 33.1. The van der Waals surface area contributed by atoms with Crippen molar-refractivity contribution in [3.05, 3.63) is 106 Å². The number of alkyl halides is 3. The number of hydrogen-bond donors (Lipinski definition) is 2. The Balaban J connectivity index is 0.000000532. The Kier molecular flexibility index (Phi) is 10.0. The van der Waals surface area contributed by atoms with Crippen molar-refractivity contribution in [2.24, 2.45) is 0 Å². The van der Waals surface area contributed by atoms with Gasteiger partial charge in [0.15, 0.2) is 5.21 Å². The number of carboxylic acid groups (broad SMARTS) is 1. The van der Waals surface area contributed by atoms with Gasteiger partial charge in [0, 0.05) is 22.0 Å². The molecule has 4 rings (SSSR count). The van der Waals surface area contributed by atoms with Gasteiger partial charge in [0.25, 0.3) is 12.2 Å². The van der Waals surface area contributed by atoms with E-state index in [4.69, 9.17) is 33.1 Å². The van der Waals surface area contributed by atoms with Crippen molar-refractivity contribution in [3.63, 3.8) is 0 Å². The molecule has 204 valence electrons. The molecule has 13 heteroatoms. The third kappa shape index (κ3) is 8.52. The highest BCUT2D eigenvalue weighted by atomic mass is 35.5. The number of tetrazole rings is 1. The van der Waals surface area contributed by atoms with Gasteiger partial charge in [0.05, 0.1) is 5.56 Å². The minimum atomic E-state index is -5.19. The molecular weight excluding hydrogens is 558 g/mol. The van der Waals surface area contributed by atoms with Crippen LogP contribution in [-0.2, 0) is 11.2 Å². The lowest BCUT2D eigenvalue weighted by atomic mass is 9.86. The first kappa shape index (κ1) is 29.6.